The van der Waals surface area contributed by atoms with Crippen molar-refractivity contribution in [1.82, 2.24) is 19.7 Å². The lowest BCUT2D eigenvalue weighted by molar-refractivity contribution is 0.102. The quantitative estimate of drug-likeness (QED) is 0.406. The molecule has 0 bridgehead atoms. The largest absolute Gasteiger partial charge is 0.494 e. The van der Waals surface area contributed by atoms with E-state index in [1.807, 2.05) is 0 Å². The highest BCUT2D eigenvalue weighted by Crippen LogP contribution is 2.25. The molecule has 0 aliphatic heterocycles. The Hall–Kier alpha value is -2.48. The van der Waals surface area contributed by atoms with Crippen LogP contribution in [-0.4, -0.2) is 38.4 Å². The fourth-order valence-electron chi connectivity index (χ4n) is 2.11. The average molecular weight is 332 g/mol. The summed E-state index contributed by atoms with van der Waals surface area (Å²) in [4.78, 5) is 20.5. The van der Waals surface area contributed by atoms with Crippen LogP contribution in [0.4, 0.5) is 4.39 Å². The van der Waals surface area contributed by atoms with Crippen molar-refractivity contribution < 1.29 is 13.9 Å². The first kappa shape index (κ1) is 15.4. The number of hydrogen-bond acceptors (Lipinski definition) is 6. The van der Waals surface area contributed by atoms with Crippen LogP contribution in [0.2, 0.25) is 0 Å². The molecule has 23 heavy (non-hydrogen) atoms. The second-order valence-electron chi connectivity index (χ2n) is 4.75. The molecule has 3 aromatic rings. The molecular formula is C15H13FN4O2S. The van der Waals surface area contributed by atoms with Crippen LogP contribution in [0.1, 0.15) is 10.4 Å². The molecule has 0 saturated heterocycles. The van der Waals surface area contributed by atoms with E-state index in [4.69, 9.17) is 4.74 Å². The number of halogens is 1. The maximum Gasteiger partial charge on any atom is 0.173 e. The van der Waals surface area contributed by atoms with Gasteiger partial charge in [0, 0.05) is 12.6 Å². The Balaban J connectivity index is 1.77. The van der Waals surface area contributed by atoms with Crippen LogP contribution in [0.3, 0.4) is 0 Å². The summed E-state index contributed by atoms with van der Waals surface area (Å²) in [6.45, 7) is 0. The van der Waals surface area contributed by atoms with Crippen molar-refractivity contribution in [2.24, 2.45) is 7.05 Å². The van der Waals surface area contributed by atoms with Crippen molar-refractivity contribution in [2.75, 3.05) is 12.9 Å². The van der Waals surface area contributed by atoms with Gasteiger partial charge in [0.25, 0.3) is 0 Å². The predicted octanol–water partition coefficient (Wildman–Crippen LogP) is 2.49. The first-order valence-electron chi connectivity index (χ1n) is 6.72. The molecule has 2 aromatic heterocycles. The third-order valence-electron chi connectivity index (χ3n) is 3.31. The number of fused-ring (bicyclic) bond motifs is 1. The van der Waals surface area contributed by atoms with Gasteiger partial charge in [-0.3, -0.25) is 9.48 Å². The van der Waals surface area contributed by atoms with Crippen molar-refractivity contribution in [3.8, 4) is 5.75 Å². The Morgan fingerprint density at radius 1 is 1.39 bits per heavy atom. The van der Waals surface area contributed by atoms with E-state index in [1.54, 1.807) is 24.0 Å². The van der Waals surface area contributed by atoms with Gasteiger partial charge in [0.15, 0.2) is 23.0 Å². The molecule has 3 rings (SSSR count). The van der Waals surface area contributed by atoms with Crippen LogP contribution in [0.15, 0.2) is 35.7 Å². The van der Waals surface area contributed by atoms with Gasteiger partial charge >= 0.3 is 0 Å². The van der Waals surface area contributed by atoms with Gasteiger partial charge in [0.2, 0.25) is 0 Å². The molecule has 0 N–H and O–H groups in total. The summed E-state index contributed by atoms with van der Waals surface area (Å²) in [5.74, 6) is -0.485. The van der Waals surface area contributed by atoms with Crippen molar-refractivity contribution in [1.29, 1.82) is 0 Å². The van der Waals surface area contributed by atoms with Gasteiger partial charge in [0.1, 0.15) is 11.4 Å². The number of methoxy groups -OCH3 is 1. The lowest BCUT2D eigenvalue weighted by Crippen LogP contribution is -2.04. The van der Waals surface area contributed by atoms with Gasteiger partial charge in [-0.05, 0) is 18.2 Å². The van der Waals surface area contributed by atoms with Gasteiger partial charge in [-0.2, -0.15) is 5.10 Å². The monoisotopic (exact) mass is 332 g/mol. The third-order valence-corrected chi connectivity index (χ3v) is 4.31. The van der Waals surface area contributed by atoms with E-state index in [9.17, 15) is 9.18 Å². The van der Waals surface area contributed by atoms with E-state index in [0.29, 0.717) is 16.2 Å². The summed E-state index contributed by atoms with van der Waals surface area (Å²) in [5.41, 5.74) is 0.998. The van der Waals surface area contributed by atoms with Gasteiger partial charge < -0.3 is 4.74 Å². The molecule has 118 valence electrons. The molecule has 0 saturated carbocycles. The summed E-state index contributed by atoms with van der Waals surface area (Å²) in [7, 11) is 3.17. The molecule has 0 aliphatic rings. The van der Waals surface area contributed by atoms with E-state index in [1.165, 1.54) is 37.3 Å². The van der Waals surface area contributed by atoms with Crippen molar-refractivity contribution >= 4 is 28.6 Å². The molecule has 0 aliphatic carbocycles. The number of benzene rings is 1. The zero-order valence-electron chi connectivity index (χ0n) is 12.5. The minimum Gasteiger partial charge on any atom is -0.494 e. The van der Waals surface area contributed by atoms with E-state index in [0.717, 1.165) is 5.39 Å². The lowest BCUT2D eigenvalue weighted by Gasteiger charge is -2.05. The van der Waals surface area contributed by atoms with Crippen LogP contribution in [0, 0.1) is 5.82 Å². The molecule has 0 spiro atoms. The number of aromatic nitrogens is 4. The van der Waals surface area contributed by atoms with Crippen LogP contribution in [0.5, 0.6) is 5.75 Å². The van der Waals surface area contributed by atoms with E-state index >= 15 is 0 Å². The Morgan fingerprint density at radius 3 is 2.96 bits per heavy atom. The molecule has 0 atom stereocenters. The number of ketones is 1. The Bertz CT molecular complexity index is 881. The van der Waals surface area contributed by atoms with Crippen molar-refractivity contribution in [2.45, 2.75) is 5.03 Å². The molecule has 6 nitrogen and oxygen atoms in total. The Kier molecular flexibility index (Phi) is 4.24. The third kappa shape index (κ3) is 3.02. The number of rotatable bonds is 5. The molecule has 0 amide bonds. The van der Waals surface area contributed by atoms with E-state index in [2.05, 4.69) is 15.1 Å². The number of carbonyl (C=O) groups excluding carboxylic acids is 1. The molecule has 2 heterocycles. The Labute approximate surface area is 135 Å². The number of Topliss-reactive ketones (excluding diaryl/α,β-unsaturated/α-hetero) is 1. The minimum atomic E-state index is -0.556. The molecule has 8 heteroatoms. The molecule has 0 unspecified atom stereocenters. The second kappa shape index (κ2) is 6.33. The van der Waals surface area contributed by atoms with Crippen LogP contribution in [-0.2, 0) is 7.05 Å². The fraction of sp³-hybridized carbons (Fsp3) is 0.200. The molecule has 0 fully saturated rings. The topological polar surface area (TPSA) is 69.9 Å². The van der Waals surface area contributed by atoms with Crippen LogP contribution >= 0.6 is 11.8 Å². The minimum absolute atomic E-state index is 0.113. The fourth-order valence-corrected chi connectivity index (χ4v) is 2.97. The van der Waals surface area contributed by atoms with Gasteiger partial charge in [-0.15, -0.1) is 0 Å². The first-order valence-corrected chi connectivity index (χ1v) is 7.71. The number of carbonyl (C=O) groups is 1. The zero-order chi connectivity index (χ0) is 16.4. The van der Waals surface area contributed by atoms with Crippen molar-refractivity contribution in [3.63, 3.8) is 0 Å². The van der Waals surface area contributed by atoms with Crippen LogP contribution < -0.4 is 4.74 Å². The molecule has 1 aromatic carbocycles. The summed E-state index contributed by atoms with van der Waals surface area (Å²) in [5, 5.41) is 5.58. The Morgan fingerprint density at radius 2 is 2.22 bits per heavy atom. The highest BCUT2D eigenvalue weighted by Gasteiger charge is 2.13. The number of aryl methyl sites for hydroxylation is 1. The first-order chi connectivity index (χ1) is 11.1. The normalized spacial score (nSPS) is 10.9. The number of ether oxygens (including phenoxy) is 1. The van der Waals surface area contributed by atoms with E-state index in [-0.39, 0.29) is 17.3 Å². The van der Waals surface area contributed by atoms with Gasteiger partial charge in [-0.25, -0.2) is 14.4 Å². The number of hydrogen-bond donors (Lipinski definition) is 0. The number of thioether (sulfide) groups is 1. The molecular weight excluding hydrogens is 319 g/mol. The predicted molar refractivity (Wildman–Crippen MR) is 84.3 cm³/mol. The maximum atomic E-state index is 13.7. The highest BCUT2D eigenvalue weighted by atomic mass is 32.2. The number of nitrogens with zero attached hydrogens (tertiary/aromatic N) is 4. The SMILES string of the molecule is COc1ccc(C(=O)CSc2ncnc3c2cnn3C)cc1F. The summed E-state index contributed by atoms with van der Waals surface area (Å²) < 4.78 is 20.2. The van der Waals surface area contributed by atoms with E-state index < -0.39 is 5.82 Å². The van der Waals surface area contributed by atoms with Crippen molar-refractivity contribution in [3.05, 3.63) is 42.1 Å². The van der Waals surface area contributed by atoms with Gasteiger partial charge in [-0.1, -0.05) is 11.8 Å². The summed E-state index contributed by atoms with van der Waals surface area (Å²) in [6.07, 6.45) is 3.10. The zero-order valence-corrected chi connectivity index (χ0v) is 13.3. The average Bonchev–Trinajstić information content (AvgIpc) is 2.94. The smallest absolute Gasteiger partial charge is 0.173 e. The second-order valence-corrected chi connectivity index (χ2v) is 5.71. The molecule has 0 radical (unpaired) electrons. The summed E-state index contributed by atoms with van der Waals surface area (Å²) >= 11 is 1.27. The van der Waals surface area contributed by atoms with Gasteiger partial charge in [0.05, 0.1) is 24.4 Å². The summed E-state index contributed by atoms with van der Waals surface area (Å²) in [6, 6.07) is 4.17. The highest BCUT2D eigenvalue weighted by molar-refractivity contribution is 8.00. The standard InChI is InChI=1S/C15H13FN4O2S/c1-20-14-10(6-19-20)15(18-8-17-14)23-7-12(21)9-3-4-13(22-2)11(16)5-9/h3-6,8H,7H2,1-2H3. The van der Waals surface area contributed by atoms with Crippen LogP contribution in [0.25, 0.3) is 11.0 Å². The lowest BCUT2D eigenvalue weighted by atomic mass is 10.1. The maximum absolute atomic E-state index is 13.7.